The molecule has 9 aromatic rings. The van der Waals surface area contributed by atoms with Crippen LogP contribution in [-0.4, -0.2) is 4.57 Å². The van der Waals surface area contributed by atoms with Crippen molar-refractivity contribution in [1.29, 1.82) is 0 Å². The van der Waals surface area contributed by atoms with E-state index >= 15 is 0 Å². The third-order valence-electron chi connectivity index (χ3n) is 11.7. The van der Waals surface area contributed by atoms with Crippen LogP contribution in [0.2, 0.25) is 0 Å². The second kappa shape index (κ2) is 12.7. The molecule has 0 spiro atoms. The molecular formula is C53H42N2. The number of aromatic nitrogens is 1. The first-order valence-electron chi connectivity index (χ1n) is 19.3. The van der Waals surface area contributed by atoms with Gasteiger partial charge in [0.2, 0.25) is 0 Å². The van der Waals surface area contributed by atoms with Crippen LogP contribution in [-0.2, 0) is 5.41 Å². The SMILES string of the molecule is Cc1cc(C)cc(-n2c3ccccc3c3cc(-c4ccc(N(c5ccc(-c6ccccc6)cc5)c5ccc6c(c5)C(C)(C)c5ccccc5-6)cc4)ccc32)c1. The second-order valence-electron chi connectivity index (χ2n) is 15.6. The smallest absolute Gasteiger partial charge is 0.0541 e. The van der Waals surface area contributed by atoms with Gasteiger partial charge >= 0.3 is 0 Å². The van der Waals surface area contributed by atoms with Crippen LogP contribution in [0.25, 0.3) is 60.9 Å². The van der Waals surface area contributed by atoms with Crippen molar-refractivity contribution in [2.45, 2.75) is 33.1 Å². The third kappa shape index (κ3) is 5.48. The molecule has 0 saturated carbocycles. The minimum absolute atomic E-state index is 0.0887. The van der Waals surface area contributed by atoms with Crippen molar-refractivity contribution in [3.63, 3.8) is 0 Å². The minimum atomic E-state index is -0.0887. The predicted molar refractivity (Wildman–Crippen MR) is 233 cm³/mol. The van der Waals surface area contributed by atoms with Crippen molar-refractivity contribution in [3.05, 3.63) is 204 Å². The summed E-state index contributed by atoms with van der Waals surface area (Å²) in [6, 6.07) is 67.1. The Kier molecular flexibility index (Phi) is 7.64. The van der Waals surface area contributed by atoms with Crippen LogP contribution in [0.5, 0.6) is 0 Å². The van der Waals surface area contributed by atoms with Crippen LogP contribution < -0.4 is 4.90 Å². The summed E-state index contributed by atoms with van der Waals surface area (Å²) in [5, 5.41) is 2.53. The van der Waals surface area contributed by atoms with Gasteiger partial charge in [-0.25, -0.2) is 0 Å². The van der Waals surface area contributed by atoms with Gasteiger partial charge in [-0.15, -0.1) is 0 Å². The highest BCUT2D eigenvalue weighted by molar-refractivity contribution is 6.10. The lowest BCUT2D eigenvalue weighted by atomic mass is 9.82. The molecule has 8 aromatic carbocycles. The monoisotopic (exact) mass is 706 g/mol. The number of hydrogen-bond donors (Lipinski definition) is 0. The first-order valence-corrected chi connectivity index (χ1v) is 19.3. The first kappa shape index (κ1) is 33.0. The van der Waals surface area contributed by atoms with Crippen molar-refractivity contribution >= 4 is 38.9 Å². The quantitative estimate of drug-likeness (QED) is 0.167. The molecule has 2 nitrogen and oxygen atoms in total. The first-order chi connectivity index (χ1) is 26.8. The van der Waals surface area contributed by atoms with Crippen LogP contribution >= 0.6 is 0 Å². The summed E-state index contributed by atoms with van der Waals surface area (Å²) < 4.78 is 2.41. The maximum Gasteiger partial charge on any atom is 0.0541 e. The van der Waals surface area contributed by atoms with E-state index in [4.69, 9.17) is 0 Å². The summed E-state index contributed by atoms with van der Waals surface area (Å²) in [6.45, 7) is 9.06. The molecule has 55 heavy (non-hydrogen) atoms. The highest BCUT2D eigenvalue weighted by Gasteiger charge is 2.35. The van der Waals surface area contributed by atoms with Gasteiger partial charge in [0.05, 0.1) is 11.0 Å². The molecule has 264 valence electrons. The second-order valence-corrected chi connectivity index (χ2v) is 15.6. The lowest BCUT2D eigenvalue weighted by Crippen LogP contribution is -2.16. The van der Waals surface area contributed by atoms with Gasteiger partial charge in [-0.05, 0) is 136 Å². The lowest BCUT2D eigenvalue weighted by Gasteiger charge is -2.28. The minimum Gasteiger partial charge on any atom is -0.310 e. The van der Waals surface area contributed by atoms with Crippen molar-refractivity contribution in [3.8, 4) is 39.1 Å². The zero-order valence-electron chi connectivity index (χ0n) is 31.7. The Labute approximate surface area is 323 Å². The molecule has 0 saturated heterocycles. The van der Waals surface area contributed by atoms with Crippen LogP contribution in [0.15, 0.2) is 182 Å². The average Bonchev–Trinajstić information content (AvgIpc) is 3.66. The predicted octanol–water partition coefficient (Wildman–Crippen LogP) is 14.5. The Morgan fingerprint density at radius 2 is 0.945 bits per heavy atom. The van der Waals surface area contributed by atoms with E-state index in [0.29, 0.717) is 0 Å². The number of fused-ring (bicyclic) bond motifs is 6. The molecular weight excluding hydrogens is 665 g/mol. The van der Waals surface area contributed by atoms with E-state index in [0.717, 1.165) is 17.1 Å². The van der Waals surface area contributed by atoms with Crippen molar-refractivity contribution in [2.24, 2.45) is 0 Å². The fraction of sp³-hybridized carbons (Fsp3) is 0.0943. The third-order valence-corrected chi connectivity index (χ3v) is 11.7. The van der Waals surface area contributed by atoms with Gasteiger partial charge in [-0.1, -0.05) is 129 Å². The molecule has 1 aromatic heterocycles. The molecule has 2 heteroatoms. The number of nitrogens with zero attached hydrogens (tertiary/aromatic N) is 2. The summed E-state index contributed by atoms with van der Waals surface area (Å²) in [4.78, 5) is 2.40. The molecule has 0 unspecified atom stereocenters. The van der Waals surface area contributed by atoms with E-state index in [2.05, 4.69) is 219 Å². The topological polar surface area (TPSA) is 8.17 Å². The molecule has 0 N–H and O–H groups in total. The van der Waals surface area contributed by atoms with Gasteiger partial charge in [-0.3, -0.25) is 0 Å². The zero-order valence-corrected chi connectivity index (χ0v) is 31.7. The average molecular weight is 707 g/mol. The molecule has 1 aliphatic carbocycles. The maximum absolute atomic E-state index is 2.41. The summed E-state index contributed by atoms with van der Waals surface area (Å²) in [5.41, 5.74) is 19.8. The number of aryl methyl sites for hydroxylation is 2. The van der Waals surface area contributed by atoms with Gasteiger partial charge in [0.1, 0.15) is 0 Å². The molecule has 10 rings (SSSR count). The van der Waals surface area contributed by atoms with Crippen molar-refractivity contribution < 1.29 is 0 Å². The Hall–Kier alpha value is -6.64. The molecule has 0 aliphatic heterocycles. The van der Waals surface area contributed by atoms with Gasteiger partial charge < -0.3 is 9.47 Å². The summed E-state index contributed by atoms with van der Waals surface area (Å²) in [6.07, 6.45) is 0. The number of para-hydroxylation sites is 1. The van der Waals surface area contributed by atoms with E-state index in [1.165, 1.54) is 83.1 Å². The Balaban J connectivity index is 1.07. The van der Waals surface area contributed by atoms with Gasteiger partial charge in [0.15, 0.2) is 0 Å². The molecule has 1 heterocycles. The Bertz CT molecular complexity index is 2870. The summed E-state index contributed by atoms with van der Waals surface area (Å²) in [7, 11) is 0. The molecule has 0 amide bonds. The molecule has 0 fully saturated rings. The molecule has 0 atom stereocenters. The fourth-order valence-corrected chi connectivity index (χ4v) is 9.03. The van der Waals surface area contributed by atoms with Crippen molar-refractivity contribution in [2.75, 3.05) is 4.90 Å². The van der Waals surface area contributed by atoms with Crippen molar-refractivity contribution in [1.82, 2.24) is 4.57 Å². The van der Waals surface area contributed by atoms with E-state index in [1.54, 1.807) is 0 Å². The summed E-state index contributed by atoms with van der Waals surface area (Å²) >= 11 is 0. The van der Waals surface area contributed by atoms with E-state index in [9.17, 15) is 0 Å². The zero-order chi connectivity index (χ0) is 37.3. The van der Waals surface area contributed by atoms with Crippen LogP contribution in [0.3, 0.4) is 0 Å². The number of anilines is 3. The lowest BCUT2D eigenvalue weighted by molar-refractivity contribution is 0.660. The number of hydrogen-bond acceptors (Lipinski definition) is 1. The van der Waals surface area contributed by atoms with Crippen LogP contribution in [0, 0.1) is 13.8 Å². The molecule has 0 radical (unpaired) electrons. The van der Waals surface area contributed by atoms with Gasteiger partial charge in [0, 0.05) is 38.9 Å². The van der Waals surface area contributed by atoms with E-state index in [-0.39, 0.29) is 5.41 Å². The highest BCUT2D eigenvalue weighted by Crippen LogP contribution is 2.50. The standard InChI is InChI=1S/C53H42N2/c1-35-30-36(2)32-44(31-35)55-51-17-11-9-15-47(51)48-33-40(22-29-52(48)55)39-20-25-42(26-21-39)54(41-23-18-38(19-24-41)37-12-6-5-7-13-37)43-27-28-46-45-14-8-10-16-49(45)53(3,4)50(46)34-43/h5-34H,1-4H3. The van der Waals surface area contributed by atoms with E-state index < -0.39 is 0 Å². The number of benzene rings is 8. The summed E-state index contributed by atoms with van der Waals surface area (Å²) in [5.74, 6) is 0. The van der Waals surface area contributed by atoms with Gasteiger partial charge in [0.25, 0.3) is 0 Å². The highest BCUT2D eigenvalue weighted by atomic mass is 15.1. The van der Waals surface area contributed by atoms with Crippen LogP contribution in [0.1, 0.15) is 36.1 Å². The van der Waals surface area contributed by atoms with E-state index in [1.807, 2.05) is 0 Å². The van der Waals surface area contributed by atoms with Gasteiger partial charge in [-0.2, -0.15) is 0 Å². The molecule has 1 aliphatic rings. The largest absolute Gasteiger partial charge is 0.310 e. The fourth-order valence-electron chi connectivity index (χ4n) is 9.03. The molecule has 0 bridgehead atoms. The Morgan fingerprint density at radius 1 is 0.400 bits per heavy atom. The Morgan fingerprint density at radius 3 is 1.67 bits per heavy atom. The van der Waals surface area contributed by atoms with Crippen LogP contribution in [0.4, 0.5) is 17.1 Å². The number of rotatable bonds is 6. The maximum atomic E-state index is 2.41. The normalized spacial score (nSPS) is 12.9.